The number of halogens is 3. The van der Waals surface area contributed by atoms with Gasteiger partial charge in [-0.3, -0.25) is 33.6 Å². The molecular formula is C81H86Cl3N13O23S. The molecule has 15 rings (SSSR count). The molecule has 7 amide bonds. The Labute approximate surface area is 708 Å². The number of rotatable bonds is 19. The number of aliphatic hydroxyl groups is 5. The Morgan fingerprint density at radius 2 is 1.31 bits per heavy atom. The number of aliphatic hydroxyl groups excluding tert-OH is 5. The maximum Gasteiger partial charge on any atom is 0.330 e. The highest BCUT2D eigenvalue weighted by atomic mass is 35.5. The van der Waals surface area contributed by atoms with Gasteiger partial charge < -0.3 is 133 Å². The first-order valence-corrected chi connectivity index (χ1v) is 40.1. The fourth-order valence-electron chi connectivity index (χ4n) is 14.9. The number of phenolic OH excluding ortho intramolecular Hbond substituents is 3. The van der Waals surface area contributed by atoms with Crippen LogP contribution in [0, 0.1) is 5.92 Å². The Morgan fingerprint density at radius 3 is 1.92 bits per heavy atom. The number of carbonyl (C=O) groups is 8. The van der Waals surface area contributed by atoms with Gasteiger partial charge in [0.25, 0.3) is 0 Å². The molecule has 1 aromatic heterocycles. The number of primary amides is 1. The van der Waals surface area contributed by atoms with Crippen LogP contribution in [0.5, 0.6) is 46.0 Å². The lowest BCUT2D eigenvalue weighted by Gasteiger charge is -2.48. The lowest BCUT2D eigenvalue weighted by Crippen LogP contribution is -2.65. The van der Waals surface area contributed by atoms with Crippen molar-refractivity contribution in [3.63, 3.8) is 0 Å². The van der Waals surface area contributed by atoms with Gasteiger partial charge in [0.05, 0.1) is 40.8 Å². The molecule has 22 N–H and O–H groups in total. The maximum atomic E-state index is 16.3. The van der Waals surface area contributed by atoms with E-state index in [9.17, 15) is 60.3 Å². The van der Waals surface area contributed by atoms with Gasteiger partial charge in [0.15, 0.2) is 35.1 Å². The van der Waals surface area contributed by atoms with Crippen molar-refractivity contribution in [2.24, 2.45) is 11.7 Å². The molecule has 11 bridgehead atoms. The summed E-state index contributed by atoms with van der Waals surface area (Å²) in [5.74, 6) is -16.3. The number of ether oxygens (including phenoxy) is 6. The molecule has 0 radical (unpaired) electrons. The highest BCUT2D eigenvalue weighted by Gasteiger charge is 2.53. The summed E-state index contributed by atoms with van der Waals surface area (Å²) in [5.41, 5.74) is 10.3. The van der Waals surface area contributed by atoms with Gasteiger partial charge in [-0.1, -0.05) is 115 Å². The van der Waals surface area contributed by atoms with Gasteiger partial charge in [-0.2, -0.15) is 0 Å². The SMILES string of the molecule is CN[C@H](CC(C)C)C(=O)N[C@H]1C(=O)N[C@@H](CC(N)=O)C(=O)N[C@H]2C(=O)N[C@H]3C(=O)N[C@H](C(=O)N[C@H](C(=O)O)c4cc(O)cc(O)c4-c4cc3ccc4O)[C@H](O)c3ccc(c(Cl)c3)Oc3cc2cc(c3OC2OC(CSc3nnc(N)[nH]3)C(O)C(O)C2OC2CC(C)(NCc3ccc(-c4ccc(Cl)cc4)cc3)C(O)C(C)O2)Oc2ccc(cc2Cl)[C@H]1O. The Kier molecular flexibility index (Phi) is 26.6. The maximum absolute atomic E-state index is 16.3. The van der Waals surface area contributed by atoms with E-state index in [0.717, 1.165) is 95.2 Å². The molecule has 640 valence electrons. The quantitative estimate of drug-likeness (QED) is 0.0485. The molecular weight excluding hydrogens is 1660 g/mol. The number of phenols is 3. The highest BCUT2D eigenvalue weighted by molar-refractivity contribution is 7.99. The second-order valence-electron chi connectivity index (χ2n) is 30.3. The first-order chi connectivity index (χ1) is 57.5. The number of nitrogen functional groups attached to an aromatic ring is 1. The third kappa shape index (κ3) is 19.4. The van der Waals surface area contributed by atoms with Crippen LogP contribution in [0.2, 0.25) is 15.1 Å². The van der Waals surface area contributed by atoms with E-state index < -0.39 is 231 Å². The van der Waals surface area contributed by atoms with Crippen LogP contribution < -0.4 is 68.2 Å². The summed E-state index contributed by atoms with van der Waals surface area (Å²) in [6, 6.07) is 14.5. The number of carboxylic acid groups (broad SMARTS) is 1. The van der Waals surface area contributed by atoms with Gasteiger partial charge in [0.1, 0.15) is 83.4 Å². The van der Waals surface area contributed by atoms with Crippen molar-refractivity contribution in [2.75, 3.05) is 18.5 Å². The van der Waals surface area contributed by atoms with Crippen molar-refractivity contribution in [1.29, 1.82) is 0 Å². The molecule has 8 aromatic rings. The largest absolute Gasteiger partial charge is 0.508 e. The molecule has 36 nitrogen and oxygen atoms in total. The predicted molar refractivity (Wildman–Crippen MR) is 433 cm³/mol. The Bertz CT molecular complexity index is 5290. The van der Waals surface area contributed by atoms with Crippen LogP contribution in [0.4, 0.5) is 5.95 Å². The van der Waals surface area contributed by atoms with Crippen LogP contribution in [0.15, 0.2) is 133 Å². The van der Waals surface area contributed by atoms with Crippen LogP contribution >= 0.6 is 46.6 Å². The predicted octanol–water partition coefficient (Wildman–Crippen LogP) is 4.76. The van der Waals surface area contributed by atoms with Crippen LogP contribution in [-0.2, 0) is 59.1 Å². The minimum Gasteiger partial charge on any atom is -0.508 e. The van der Waals surface area contributed by atoms with E-state index in [1.165, 1.54) is 19.2 Å². The third-order valence-electron chi connectivity index (χ3n) is 21.2. The first-order valence-electron chi connectivity index (χ1n) is 38.0. The average Bonchev–Trinajstić information content (AvgIpc) is 1.14. The molecule has 0 aliphatic carbocycles. The number of fused-ring (bicyclic) bond motifs is 15. The number of nitrogens with zero attached hydrogens (tertiary/aromatic N) is 2. The molecule has 7 aliphatic heterocycles. The Hall–Kier alpha value is -11.1. The number of benzene rings is 7. The number of nitrogens with one attached hydrogen (secondary N) is 9. The van der Waals surface area contributed by atoms with E-state index in [-0.39, 0.29) is 69.6 Å². The van der Waals surface area contributed by atoms with Gasteiger partial charge in [0.2, 0.25) is 59.3 Å². The summed E-state index contributed by atoms with van der Waals surface area (Å²) in [4.78, 5) is 121. The summed E-state index contributed by atoms with van der Waals surface area (Å²) < 4.78 is 40.5. The first kappa shape index (κ1) is 87.7. The number of carbonyl (C=O) groups excluding carboxylic acids is 7. The van der Waals surface area contributed by atoms with Gasteiger partial charge >= 0.3 is 5.97 Å². The van der Waals surface area contributed by atoms with Crippen LogP contribution in [0.1, 0.15) is 111 Å². The zero-order valence-electron chi connectivity index (χ0n) is 64.9. The van der Waals surface area contributed by atoms with Crippen molar-refractivity contribution in [1.82, 2.24) is 57.7 Å². The standard InChI is InChI=1S/C81H86Cl3N13O23S/c1-32(2)20-47(87-5)71(107)93-62-64(102)38-13-18-51(45(83)22-38)116-53-24-40-25-54(68(53)120-78-69(67(105)66(104)55(118-78)31-121-80-95-79(86)96-97-80)119-57-29-81(4,70(106)33(3)115-57)88-30-34-6-8-35(9-7-34)36-10-15-41(82)16-11-36)117-52-19-14-39(23-46(52)84)65(103)63-76(112)92-61(77(113)114)44-26-42(98)27-50(100)58(44)43-21-37(12-17-49(43)99)59(73(109)94-63)91-74(110)60(40)90-72(108)48(28-56(85)101)89-75(62)111/h6-19,21-27,32-33,47-48,55,57,59-67,69-70,78,87-88,98-100,102-106H,20,28-31H2,1-5H3,(H2,85,101)(H,89,111)(H,90,108)(H,91,110)(H,92,112)(H,93,107)(H,94,109)(H,113,114)(H3,86,95,96,97)/t33?,47-,48+,55?,57?,59-,60-,61+,62-,63+,64-,65-,66?,67?,69?,70?,78?,81?/m1/s1. The zero-order chi connectivity index (χ0) is 86.9. The second kappa shape index (κ2) is 36.7. The molecule has 121 heavy (non-hydrogen) atoms. The molecule has 9 unspecified atom stereocenters. The molecule has 2 saturated heterocycles. The molecule has 18 atom stereocenters. The fourth-order valence-corrected chi connectivity index (χ4v) is 16.3. The van der Waals surface area contributed by atoms with Crippen molar-refractivity contribution in [3.8, 4) is 68.2 Å². The lowest BCUT2D eigenvalue weighted by atomic mass is 9.84. The van der Waals surface area contributed by atoms with Crippen molar-refractivity contribution in [2.45, 2.75) is 168 Å². The number of hydrogen-bond acceptors (Lipinski definition) is 28. The number of aromatic hydroxyl groups is 3. The number of thioether (sulfide) groups is 1. The van der Waals surface area contributed by atoms with Crippen molar-refractivity contribution in [3.05, 3.63) is 176 Å². The van der Waals surface area contributed by atoms with E-state index in [1.54, 1.807) is 26.0 Å². The number of likely N-dealkylation sites (N-methyl/N-ethyl adjacent to an activating group) is 1. The number of aromatic nitrogens is 3. The number of amides is 7. The lowest BCUT2D eigenvalue weighted by molar-refractivity contribution is -0.330. The van der Waals surface area contributed by atoms with Gasteiger partial charge in [-0.25, -0.2) is 4.79 Å². The number of H-pyrrole nitrogens is 1. The second-order valence-corrected chi connectivity index (χ2v) is 32.6. The fraction of sp³-hybridized carbons (Fsp3) is 0.358. The molecule has 8 heterocycles. The van der Waals surface area contributed by atoms with Crippen LogP contribution in [0.25, 0.3) is 22.3 Å². The Balaban J connectivity index is 0.998. The van der Waals surface area contributed by atoms with E-state index in [1.807, 2.05) is 50.2 Å². The van der Waals surface area contributed by atoms with Gasteiger partial charge in [-0.05, 0) is 139 Å². The number of anilines is 1. The molecule has 0 spiro atoms. The van der Waals surface area contributed by atoms with Crippen LogP contribution in [0.3, 0.4) is 0 Å². The van der Waals surface area contributed by atoms with Crippen molar-refractivity contribution >= 4 is 99.8 Å². The van der Waals surface area contributed by atoms with Gasteiger partial charge in [-0.15, -0.1) is 10.2 Å². The summed E-state index contributed by atoms with van der Waals surface area (Å²) in [6.45, 7) is 7.17. The molecule has 7 aromatic carbocycles. The summed E-state index contributed by atoms with van der Waals surface area (Å²) in [6.07, 6.45) is -18.3. The zero-order valence-corrected chi connectivity index (χ0v) is 68.0. The van der Waals surface area contributed by atoms with Gasteiger partial charge in [0, 0.05) is 52.0 Å². The number of carboxylic acids is 1. The van der Waals surface area contributed by atoms with Crippen LogP contribution in [-0.4, -0.2) is 200 Å². The van der Waals surface area contributed by atoms with E-state index in [4.69, 9.17) is 74.7 Å². The minimum absolute atomic E-state index is 0.0741. The van der Waals surface area contributed by atoms with E-state index in [2.05, 4.69) is 57.7 Å². The monoisotopic (exact) mass is 1750 g/mol. The number of nitrogens with two attached hydrogens (primary N) is 2. The van der Waals surface area contributed by atoms with E-state index >= 15 is 24.0 Å². The summed E-state index contributed by atoms with van der Waals surface area (Å²) >= 11 is 21.6. The molecule has 2 fully saturated rings. The summed E-state index contributed by atoms with van der Waals surface area (Å²) in [5, 5.41) is 136. The Morgan fingerprint density at radius 1 is 0.686 bits per heavy atom. The number of aliphatic carboxylic acids is 1. The van der Waals surface area contributed by atoms with Crippen molar-refractivity contribution < 1.29 is 113 Å². The molecule has 7 aliphatic rings. The smallest absolute Gasteiger partial charge is 0.330 e. The minimum atomic E-state index is -2.37. The topological polar surface area (TPSA) is 564 Å². The van der Waals surface area contributed by atoms with E-state index in [0.29, 0.717) is 5.02 Å². The summed E-state index contributed by atoms with van der Waals surface area (Å²) in [7, 11) is 1.48. The number of hydrogen-bond donors (Lipinski definition) is 20. The number of aromatic amines is 1. The highest BCUT2D eigenvalue weighted by Crippen LogP contribution is 2.50. The normalized spacial score (nSPS) is 26.5. The third-order valence-corrected chi connectivity index (χ3v) is 23.0. The molecule has 40 heteroatoms. The molecule has 0 saturated carbocycles. The average molecular weight is 1750 g/mol.